The number of aromatic nitrogens is 2. The van der Waals surface area contributed by atoms with Crippen molar-refractivity contribution in [3.63, 3.8) is 0 Å². The maximum atomic E-state index is 13.8. The van der Waals surface area contributed by atoms with Gasteiger partial charge in [0.2, 0.25) is 5.91 Å². The van der Waals surface area contributed by atoms with E-state index in [1.807, 2.05) is 66.9 Å². The monoisotopic (exact) mass is 460 g/mol. The fourth-order valence-corrected chi connectivity index (χ4v) is 5.21. The predicted molar refractivity (Wildman–Crippen MR) is 131 cm³/mol. The van der Waals surface area contributed by atoms with Gasteiger partial charge in [-0.2, -0.15) is 0 Å². The van der Waals surface area contributed by atoms with Crippen LogP contribution in [-0.4, -0.2) is 44.5 Å². The second-order valence-electron chi connectivity index (χ2n) is 9.56. The number of hydrogen-bond donors (Lipinski definition) is 1. The number of nitrogens with one attached hydrogen (secondary N) is 1. The Kier molecular flexibility index (Phi) is 6.02. The summed E-state index contributed by atoms with van der Waals surface area (Å²) < 4.78 is 7.47. The number of rotatable bonds is 6. The number of nitrogens with zero attached hydrogens (tertiary/aromatic N) is 3. The van der Waals surface area contributed by atoms with Gasteiger partial charge in [0, 0.05) is 12.6 Å². The summed E-state index contributed by atoms with van der Waals surface area (Å²) in [4.78, 5) is 33.9. The Morgan fingerprint density at radius 2 is 1.85 bits per heavy atom. The van der Waals surface area contributed by atoms with Crippen molar-refractivity contribution in [3.05, 3.63) is 59.9 Å². The molecule has 0 saturated heterocycles. The Bertz CT molecular complexity index is 1200. The fraction of sp³-hybridized carbons (Fsp3) is 0.444. The van der Waals surface area contributed by atoms with Crippen LogP contribution in [0.5, 0.6) is 5.75 Å². The van der Waals surface area contributed by atoms with E-state index in [4.69, 9.17) is 4.74 Å². The highest BCUT2D eigenvalue weighted by molar-refractivity contribution is 6.01. The molecule has 1 aromatic heterocycles. The Morgan fingerprint density at radius 3 is 2.59 bits per heavy atom. The van der Waals surface area contributed by atoms with Gasteiger partial charge in [-0.15, -0.1) is 0 Å². The largest absolute Gasteiger partial charge is 0.494 e. The number of fused-ring (bicyclic) bond motifs is 3. The van der Waals surface area contributed by atoms with E-state index in [2.05, 4.69) is 10.3 Å². The Labute approximate surface area is 200 Å². The third-order valence-electron chi connectivity index (χ3n) is 7.16. The summed E-state index contributed by atoms with van der Waals surface area (Å²) in [6.07, 6.45) is 5.47. The first-order chi connectivity index (χ1) is 16.5. The first kappa shape index (κ1) is 22.4. The molecule has 1 fully saturated rings. The molecule has 3 aromatic rings. The molecule has 2 aliphatic rings. The van der Waals surface area contributed by atoms with E-state index in [0.717, 1.165) is 48.0 Å². The first-order valence-electron chi connectivity index (χ1n) is 12.3. The minimum Gasteiger partial charge on any atom is -0.494 e. The molecule has 0 spiro atoms. The molecule has 7 nitrogen and oxygen atoms in total. The van der Waals surface area contributed by atoms with Crippen molar-refractivity contribution in [1.29, 1.82) is 0 Å². The van der Waals surface area contributed by atoms with Crippen molar-refractivity contribution in [2.45, 2.75) is 70.6 Å². The average Bonchev–Trinajstić information content (AvgIpc) is 3.22. The smallest absolute Gasteiger partial charge is 0.291 e. The molecule has 1 aliphatic carbocycles. The Balaban J connectivity index is 1.51. The second-order valence-corrected chi connectivity index (χ2v) is 9.56. The zero-order valence-electron chi connectivity index (χ0n) is 19.9. The summed E-state index contributed by atoms with van der Waals surface area (Å²) in [5.41, 5.74) is 1.55. The van der Waals surface area contributed by atoms with E-state index in [0.29, 0.717) is 25.5 Å². The highest BCUT2D eigenvalue weighted by atomic mass is 16.5. The summed E-state index contributed by atoms with van der Waals surface area (Å²) in [6.45, 7) is 5.12. The Hall–Kier alpha value is -3.35. The number of imidazole rings is 1. The SMILES string of the molecule is CCOc1ccc(CN2C(=O)c3nc4ccccc4n3CC2(C)C(=O)NC2CCCCC2)cc1. The van der Waals surface area contributed by atoms with Crippen molar-refractivity contribution in [2.24, 2.45) is 0 Å². The second kappa shape index (κ2) is 9.12. The van der Waals surface area contributed by atoms with Gasteiger partial charge in [0.15, 0.2) is 5.82 Å². The van der Waals surface area contributed by atoms with E-state index >= 15 is 0 Å². The van der Waals surface area contributed by atoms with Gasteiger partial charge in [0.05, 0.1) is 24.2 Å². The number of benzene rings is 2. The van der Waals surface area contributed by atoms with Gasteiger partial charge in [-0.25, -0.2) is 4.98 Å². The van der Waals surface area contributed by atoms with Gasteiger partial charge in [-0.3, -0.25) is 9.59 Å². The van der Waals surface area contributed by atoms with Crippen molar-refractivity contribution in [3.8, 4) is 5.75 Å². The zero-order chi connectivity index (χ0) is 23.7. The van der Waals surface area contributed by atoms with Gasteiger partial charge in [-0.05, 0) is 56.5 Å². The molecule has 1 aliphatic heterocycles. The normalized spacial score (nSPS) is 20.9. The minimum absolute atomic E-state index is 0.0953. The molecule has 2 heterocycles. The molecule has 1 N–H and O–H groups in total. The van der Waals surface area contributed by atoms with Crippen molar-refractivity contribution in [1.82, 2.24) is 19.8 Å². The predicted octanol–water partition coefficient (Wildman–Crippen LogP) is 4.30. The van der Waals surface area contributed by atoms with E-state index in [1.54, 1.807) is 4.90 Å². The van der Waals surface area contributed by atoms with Gasteiger partial charge in [0.1, 0.15) is 11.3 Å². The van der Waals surface area contributed by atoms with E-state index in [1.165, 1.54) is 6.42 Å². The number of para-hydroxylation sites is 2. The van der Waals surface area contributed by atoms with Crippen LogP contribution in [0.25, 0.3) is 11.0 Å². The van der Waals surface area contributed by atoms with Crippen LogP contribution in [0, 0.1) is 0 Å². The van der Waals surface area contributed by atoms with Crippen molar-refractivity contribution >= 4 is 22.8 Å². The van der Waals surface area contributed by atoms with Crippen LogP contribution in [0.4, 0.5) is 0 Å². The summed E-state index contributed by atoms with van der Waals surface area (Å²) in [7, 11) is 0. The molecular formula is C27H32N4O3. The van der Waals surface area contributed by atoms with Crippen molar-refractivity contribution < 1.29 is 14.3 Å². The quantitative estimate of drug-likeness (QED) is 0.595. The van der Waals surface area contributed by atoms with Crippen LogP contribution in [0.2, 0.25) is 0 Å². The maximum absolute atomic E-state index is 13.8. The van der Waals surface area contributed by atoms with E-state index < -0.39 is 5.54 Å². The summed E-state index contributed by atoms with van der Waals surface area (Å²) in [6, 6.07) is 15.6. The maximum Gasteiger partial charge on any atom is 0.291 e. The molecule has 2 aromatic carbocycles. The van der Waals surface area contributed by atoms with E-state index in [9.17, 15) is 9.59 Å². The highest BCUT2D eigenvalue weighted by Gasteiger charge is 2.48. The van der Waals surface area contributed by atoms with Gasteiger partial charge in [0.25, 0.3) is 5.91 Å². The molecule has 178 valence electrons. The third-order valence-corrected chi connectivity index (χ3v) is 7.16. The zero-order valence-corrected chi connectivity index (χ0v) is 19.9. The number of carbonyl (C=O) groups is 2. The number of amides is 2. The lowest BCUT2D eigenvalue weighted by Crippen LogP contribution is -2.64. The average molecular weight is 461 g/mol. The van der Waals surface area contributed by atoms with Crippen LogP contribution in [0.1, 0.15) is 62.1 Å². The molecule has 0 bridgehead atoms. The fourth-order valence-electron chi connectivity index (χ4n) is 5.21. The Morgan fingerprint density at radius 1 is 1.12 bits per heavy atom. The van der Waals surface area contributed by atoms with Gasteiger partial charge < -0.3 is 19.5 Å². The lowest BCUT2D eigenvalue weighted by Gasteiger charge is -2.44. The lowest BCUT2D eigenvalue weighted by atomic mass is 9.91. The molecule has 2 amide bonds. The van der Waals surface area contributed by atoms with Gasteiger partial charge >= 0.3 is 0 Å². The molecule has 5 rings (SSSR count). The molecular weight excluding hydrogens is 428 g/mol. The topological polar surface area (TPSA) is 76.5 Å². The lowest BCUT2D eigenvalue weighted by molar-refractivity contribution is -0.134. The number of ether oxygens (including phenoxy) is 1. The highest BCUT2D eigenvalue weighted by Crippen LogP contribution is 2.32. The number of hydrogen-bond acceptors (Lipinski definition) is 4. The molecule has 0 radical (unpaired) electrons. The molecule has 7 heteroatoms. The summed E-state index contributed by atoms with van der Waals surface area (Å²) >= 11 is 0. The number of carbonyl (C=O) groups excluding carboxylic acids is 2. The van der Waals surface area contributed by atoms with Crippen LogP contribution >= 0.6 is 0 Å². The van der Waals surface area contributed by atoms with Crippen LogP contribution in [0.15, 0.2) is 48.5 Å². The minimum atomic E-state index is -1.04. The third kappa shape index (κ3) is 4.04. The molecule has 34 heavy (non-hydrogen) atoms. The van der Waals surface area contributed by atoms with Gasteiger partial charge in [-0.1, -0.05) is 43.5 Å². The molecule has 1 saturated carbocycles. The molecule has 1 atom stereocenters. The van der Waals surface area contributed by atoms with Crippen molar-refractivity contribution in [2.75, 3.05) is 6.61 Å². The standard InChI is InChI=1S/C27H32N4O3/c1-3-34-21-15-13-19(14-16-21)17-31-25(32)24-29-22-11-7-8-12-23(22)30(24)18-27(31,2)26(33)28-20-9-5-4-6-10-20/h7-8,11-16,20H,3-6,9-10,17-18H2,1-2H3,(H,28,33). The van der Waals surface area contributed by atoms with Crippen LogP contribution in [-0.2, 0) is 17.9 Å². The first-order valence-corrected chi connectivity index (χ1v) is 12.3. The van der Waals surface area contributed by atoms with Crippen LogP contribution in [0.3, 0.4) is 0 Å². The molecule has 1 unspecified atom stereocenters. The summed E-state index contributed by atoms with van der Waals surface area (Å²) in [5.74, 6) is 0.852. The summed E-state index contributed by atoms with van der Waals surface area (Å²) in [5, 5.41) is 3.28. The van der Waals surface area contributed by atoms with Crippen LogP contribution < -0.4 is 10.1 Å². The van der Waals surface area contributed by atoms with E-state index in [-0.39, 0.29) is 17.9 Å².